The van der Waals surface area contributed by atoms with E-state index in [1.54, 1.807) is 6.92 Å². The minimum atomic E-state index is -0.335. The van der Waals surface area contributed by atoms with E-state index in [-0.39, 0.29) is 23.1 Å². The Bertz CT molecular complexity index is 517. The molecule has 18 heavy (non-hydrogen) atoms. The molecule has 2 N–H and O–H groups in total. The zero-order valence-corrected chi connectivity index (χ0v) is 11.0. The molecule has 1 aromatic heterocycles. The van der Waals surface area contributed by atoms with Crippen LogP contribution in [0.5, 0.6) is 0 Å². The van der Waals surface area contributed by atoms with Crippen molar-refractivity contribution in [3.63, 3.8) is 0 Å². The Labute approximate surface area is 106 Å². The molecule has 1 aliphatic rings. The second kappa shape index (κ2) is 4.92. The van der Waals surface area contributed by atoms with Gasteiger partial charge in [0.15, 0.2) is 0 Å². The molecule has 2 rings (SSSR count). The summed E-state index contributed by atoms with van der Waals surface area (Å²) >= 11 is 0. The molecule has 0 saturated heterocycles. The Hall–Kier alpha value is -1.65. The largest absolute Gasteiger partial charge is 0.349 e. The van der Waals surface area contributed by atoms with Gasteiger partial charge < -0.3 is 10.3 Å². The predicted octanol–water partition coefficient (Wildman–Crippen LogP) is 1.48. The average Bonchev–Trinajstić information content (AvgIpc) is 3.11. The van der Waals surface area contributed by atoms with Gasteiger partial charge in [-0.3, -0.25) is 9.59 Å². The maximum atomic E-state index is 12.0. The number of hydrogen-bond donors (Lipinski definition) is 2. The molecule has 1 aliphatic carbocycles. The lowest BCUT2D eigenvalue weighted by Crippen LogP contribution is -2.37. The van der Waals surface area contributed by atoms with E-state index >= 15 is 0 Å². The van der Waals surface area contributed by atoms with Gasteiger partial charge in [-0.05, 0) is 33.1 Å². The number of aromatic amines is 1. The Balaban J connectivity index is 2.27. The molecule has 1 saturated carbocycles. The average molecular weight is 249 g/mol. The summed E-state index contributed by atoms with van der Waals surface area (Å²) in [5.41, 5.74) is 0.325. The van der Waals surface area contributed by atoms with Crippen molar-refractivity contribution in [2.24, 2.45) is 0 Å². The molecule has 1 atom stereocenters. The molecular weight excluding hydrogens is 230 g/mol. The maximum Gasteiger partial charge on any atom is 0.264 e. The molecule has 0 radical (unpaired) electrons. The van der Waals surface area contributed by atoms with Crippen molar-refractivity contribution in [2.75, 3.05) is 0 Å². The Morgan fingerprint density at radius 1 is 1.56 bits per heavy atom. The zero-order valence-electron chi connectivity index (χ0n) is 11.0. The van der Waals surface area contributed by atoms with Gasteiger partial charge in [0, 0.05) is 12.0 Å². The SMILES string of the molecule is CCC(C)NC(=O)c1c(C)nc(C2CC2)[nH]c1=O. The van der Waals surface area contributed by atoms with Gasteiger partial charge in [-0.1, -0.05) is 6.92 Å². The molecule has 1 unspecified atom stereocenters. The maximum absolute atomic E-state index is 12.0. The first kappa shape index (κ1) is 12.8. The van der Waals surface area contributed by atoms with E-state index in [1.165, 1.54) is 0 Å². The summed E-state index contributed by atoms with van der Waals surface area (Å²) in [6.45, 7) is 5.61. The summed E-state index contributed by atoms with van der Waals surface area (Å²) in [5, 5.41) is 2.79. The van der Waals surface area contributed by atoms with E-state index in [0.717, 1.165) is 25.1 Å². The highest BCUT2D eigenvalue weighted by Gasteiger charge is 2.28. The topological polar surface area (TPSA) is 74.8 Å². The lowest BCUT2D eigenvalue weighted by molar-refractivity contribution is 0.0936. The van der Waals surface area contributed by atoms with E-state index in [4.69, 9.17) is 0 Å². The number of hydrogen-bond acceptors (Lipinski definition) is 3. The molecule has 1 heterocycles. The van der Waals surface area contributed by atoms with Gasteiger partial charge in [-0.2, -0.15) is 0 Å². The Kier molecular flexibility index (Phi) is 3.50. The van der Waals surface area contributed by atoms with Gasteiger partial charge in [0.2, 0.25) is 0 Å². The second-order valence-electron chi connectivity index (χ2n) is 4.97. The van der Waals surface area contributed by atoms with Gasteiger partial charge in [0.1, 0.15) is 11.4 Å². The van der Waals surface area contributed by atoms with Crippen molar-refractivity contribution in [2.45, 2.75) is 52.0 Å². The third kappa shape index (κ3) is 2.60. The lowest BCUT2D eigenvalue weighted by atomic mass is 10.2. The fourth-order valence-corrected chi connectivity index (χ4v) is 1.82. The first-order chi connectivity index (χ1) is 8.52. The Morgan fingerprint density at radius 2 is 2.22 bits per heavy atom. The number of aryl methyl sites for hydroxylation is 1. The third-order valence-corrected chi connectivity index (χ3v) is 3.30. The molecule has 1 aromatic rings. The van der Waals surface area contributed by atoms with Crippen molar-refractivity contribution < 1.29 is 4.79 Å². The zero-order chi connectivity index (χ0) is 13.3. The molecule has 0 aliphatic heterocycles. The summed E-state index contributed by atoms with van der Waals surface area (Å²) in [4.78, 5) is 31.0. The fraction of sp³-hybridized carbons (Fsp3) is 0.615. The second-order valence-corrected chi connectivity index (χ2v) is 4.97. The van der Waals surface area contributed by atoms with Gasteiger partial charge in [0.25, 0.3) is 11.5 Å². The molecule has 1 fully saturated rings. The number of aromatic nitrogens is 2. The van der Waals surface area contributed by atoms with Gasteiger partial charge in [0.05, 0.1) is 5.69 Å². The minimum Gasteiger partial charge on any atom is -0.349 e. The number of carbonyl (C=O) groups excluding carboxylic acids is 1. The molecule has 0 bridgehead atoms. The quantitative estimate of drug-likeness (QED) is 0.848. The first-order valence-electron chi connectivity index (χ1n) is 6.44. The number of carbonyl (C=O) groups is 1. The fourth-order valence-electron chi connectivity index (χ4n) is 1.82. The first-order valence-corrected chi connectivity index (χ1v) is 6.44. The highest BCUT2D eigenvalue weighted by Crippen LogP contribution is 2.37. The molecule has 0 aromatic carbocycles. The molecule has 98 valence electrons. The van der Waals surface area contributed by atoms with E-state index in [9.17, 15) is 9.59 Å². The number of H-pyrrole nitrogens is 1. The van der Waals surface area contributed by atoms with Crippen molar-refractivity contribution in [3.05, 3.63) is 27.4 Å². The van der Waals surface area contributed by atoms with Crippen LogP contribution >= 0.6 is 0 Å². The normalized spacial score (nSPS) is 16.4. The van der Waals surface area contributed by atoms with E-state index in [1.807, 2.05) is 13.8 Å². The highest BCUT2D eigenvalue weighted by molar-refractivity contribution is 5.94. The van der Waals surface area contributed by atoms with E-state index in [2.05, 4.69) is 15.3 Å². The molecule has 5 heteroatoms. The van der Waals surface area contributed by atoms with Crippen LogP contribution < -0.4 is 10.9 Å². The Morgan fingerprint density at radius 3 is 2.72 bits per heavy atom. The summed E-state index contributed by atoms with van der Waals surface area (Å²) in [5.74, 6) is 0.763. The standard InChI is InChI=1S/C13H19N3O2/c1-4-7(2)14-12(17)10-8(3)15-11(9-5-6-9)16-13(10)18/h7,9H,4-6H2,1-3H3,(H,14,17)(H,15,16,18). The van der Waals surface area contributed by atoms with E-state index < -0.39 is 0 Å². The number of nitrogens with one attached hydrogen (secondary N) is 2. The van der Waals surface area contributed by atoms with Crippen LogP contribution in [0.3, 0.4) is 0 Å². The van der Waals surface area contributed by atoms with Gasteiger partial charge in [-0.15, -0.1) is 0 Å². The van der Waals surface area contributed by atoms with Crippen molar-refractivity contribution in [3.8, 4) is 0 Å². The number of nitrogens with zero attached hydrogens (tertiary/aromatic N) is 1. The van der Waals surface area contributed by atoms with Crippen molar-refractivity contribution in [1.82, 2.24) is 15.3 Å². The summed E-state index contributed by atoms with van der Waals surface area (Å²) in [7, 11) is 0. The van der Waals surface area contributed by atoms with Crippen LogP contribution in [0.25, 0.3) is 0 Å². The molecular formula is C13H19N3O2. The minimum absolute atomic E-state index is 0.0550. The van der Waals surface area contributed by atoms with Crippen molar-refractivity contribution in [1.29, 1.82) is 0 Å². The lowest BCUT2D eigenvalue weighted by Gasteiger charge is -2.12. The van der Waals surface area contributed by atoms with Gasteiger partial charge >= 0.3 is 0 Å². The van der Waals surface area contributed by atoms with Crippen LogP contribution in [0.4, 0.5) is 0 Å². The van der Waals surface area contributed by atoms with Crippen LogP contribution in [-0.2, 0) is 0 Å². The van der Waals surface area contributed by atoms with Crippen LogP contribution in [0.2, 0.25) is 0 Å². The van der Waals surface area contributed by atoms with Crippen LogP contribution in [0, 0.1) is 6.92 Å². The van der Waals surface area contributed by atoms with Crippen LogP contribution in [0.15, 0.2) is 4.79 Å². The predicted molar refractivity (Wildman–Crippen MR) is 68.8 cm³/mol. The summed E-state index contributed by atoms with van der Waals surface area (Å²) in [6.07, 6.45) is 2.97. The van der Waals surface area contributed by atoms with E-state index in [0.29, 0.717) is 11.6 Å². The number of amides is 1. The van der Waals surface area contributed by atoms with Gasteiger partial charge in [-0.25, -0.2) is 4.98 Å². The third-order valence-electron chi connectivity index (χ3n) is 3.30. The molecule has 1 amide bonds. The summed E-state index contributed by atoms with van der Waals surface area (Å²) in [6, 6.07) is 0.0550. The van der Waals surface area contributed by atoms with Crippen molar-refractivity contribution >= 4 is 5.91 Å². The summed E-state index contributed by atoms with van der Waals surface area (Å²) < 4.78 is 0. The highest BCUT2D eigenvalue weighted by atomic mass is 16.2. The number of rotatable bonds is 4. The monoisotopic (exact) mass is 249 g/mol. The smallest absolute Gasteiger partial charge is 0.264 e. The molecule has 0 spiro atoms. The molecule has 5 nitrogen and oxygen atoms in total. The van der Waals surface area contributed by atoms with Crippen LogP contribution in [-0.4, -0.2) is 21.9 Å². The van der Waals surface area contributed by atoms with Crippen LogP contribution in [0.1, 0.15) is 60.9 Å².